The molecule has 16 heavy (non-hydrogen) atoms. The van der Waals surface area contributed by atoms with Crippen LogP contribution in [-0.2, 0) is 6.42 Å². The van der Waals surface area contributed by atoms with Crippen LogP contribution in [0, 0.1) is 0 Å². The fourth-order valence-corrected chi connectivity index (χ4v) is 1.26. The summed E-state index contributed by atoms with van der Waals surface area (Å²) in [7, 11) is 0. The Hall–Kier alpha value is -2.17. The Morgan fingerprint density at radius 3 is 3.12 bits per heavy atom. The summed E-state index contributed by atoms with van der Waals surface area (Å²) in [5.41, 5.74) is 1.38. The highest BCUT2D eigenvalue weighted by Gasteiger charge is 2.04. The Morgan fingerprint density at radius 2 is 2.44 bits per heavy atom. The van der Waals surface area contributed by atoms with Gasteiger partial charge in [0, 0.05) is 25.4 Å². The Balaban J connectivity index is 1.81. The number of amides is 1. The monoisotopic (exact) mass is 217 g/mol. The highest BCUT2D eigenvalue weighted by Crippen LogP contribution is 1.97. The van der Waals surface area contributed by atoms with Gasteiger partial charge in [0.2, 0.25) is 0 Å². The minimum atomic E-state index is -0.128. The van der Waals surface area contributed by atoms with Gasteiger partial charge < -0.3 is 9.73 Å². The topological polar surface area (TPSA) is 68.0 Å². The van der Waals surface area contributed by atoms with Crippen LogP contribution >= 0.6 is 0 Å². The van der Waals surface area contributed by atoms with E-state index in [4.69, 9.17) is 4.42 Å². The number of carbonyl (C=O) groups excluding carboxylic acids is 1. The average molecular weight is 217 g/mol. The van der Waals surface area contributed by atoms with Crippen LogP contribution in [0.4, 0.5) is 0 Å². The van der Waals surface area contributed by atoms with Gasteiger partial charge in [0.1, 0.15) is 6.26 Å². The molecule has 0 aliphatic heterocycles. The SMILES string of the molecule is O=C(NCCc1cocn1)c1cccnc1. The molecule has 1 amide bonds. The molecule has 1 N–H and O–H groups in total. The summed E-state index contributed by atoms with van der Waals surface area (Å²) in [6.07, 6.45) is 6.76. The third-order valence-electron chi connectivity index (χ3n) is 2.07. The second kappa shape index (κ2) is 5.06. The molecule has 0 fully saturated rings. The number of nitrogens with one attached hydrogen (secondary N) is 1. The zero-order valence-electron chi connectivity index (χ0n) is 8.59. The molecule has 0 unspecified atom stereocenters. The van der Waals surface area contributed by atoms with E-state index in [0.717, 1.165) is 5.69 Å². The minimum absolute atomic E-state index is 0.128. The van der Waals surface area contributed by atoms with Crippen LogP contribution < -0.4 is 5.32 Å². The first-order chi connectivity index (χ1) is 7.86. The zero-order valence-corrected chi connectivity index (χ0v) is 8.59. The molecule has 0 aromatic carbocycles. The summed E-state index contributed by atoms with van der Waals surface area (Å²) in [4.78, 5) is 19.4. The van der Waals surface area contributed by atoms with Crippen molar-refractivity contribution in [1.82, 2.24) is 15.3 Å². The molecular weight excluding hydrogens is 206 g/mol. The van der Waals surface area contributed by atoms with Crippen LogP contribution in [-0.4, -0.2) is 22.4 Å². The van der Waals surface area contributed by atoms with Crippen molar-refractivity contribution >= 4 is 5.91 Å². The van der Waals surface area contributed by atoms with Crippen LogP contribution in [0.2, 0.25) is 0 Å². The third-order valence-corrected chi connectivity index (χ3v) is 2.07. The van der Waals surface area contributed by atoms with E-state index in [1.165, 1.54) is 12.6 Å². The Kier molecular flexibility index (Phi) is 3.28. The van der Waals surface area contributed by atoms with Crippen molar-refractivity contribution in [3.63, 3.8) is 0 Å². The quantitative estimate of drug-likeness (QED) is 0.830. The van der Waals surface area contributed by atoms with E-state index >= 15 is 0 Å². The Labute approximate surface area is 92.5 Å². The van der Waals surface area contributed by atoms with Crippen molar-refractivity contribution < 1.29 is 9.21 Å². The molecule has 5 heteroatoms. The summed E-state index contributed by atoms with van der Waals surface area (Å²) in [5, 5.41) is 2.78. The van der Waals surface area contributed by atoms with Gasteiger partial charge in [-0.15, -0.1) is 0 Å². The molecule has 0 saturated carbocycles. The van der Waals surface area contributed by atoms with Crippen LogP contribution in [0.3, 0.4) is 0 Å². The largest absolute Gasteiger partial charge is 0.451 e. The lowest BCUT2D eigenvalue weighted by molar-refractivity contribution is 0.0953. The summed E-state index contributed by atoms with van der Waals surface area (Å²) in [6.45, 7) is 0.528. The van der Waals surface area contributed by atoms with E-state index < -0.39 is 0 Å². The molecule has 0 aliphatic rings. The van der Waals surface area contributed by atoms with E-state index in [0.29, 0.717) is 18.5 Å². The number of oxazole rings is 1. The summed E-state index contributed by atoms with van der Waals surface area (Å²) in [5.74, 6) is -0.128. The van der Waals surface area contributed by atoms with Gasteiger partial charge in [0.25, 0.3) is 5.91 Å². The Bertz CT molecular complexity index is 440. The molecule has 0 bridgehead atoms. The van der Waals surface area contributed by atoms with Gasteiger partial charge in [-0.3, -0.25) is 9.78 Å². The maximum absolute atomic E-state index is 11.6. The lowest BCUT2D eigenvalue weighted by Gasteiger charge is -2.02. The zero-order chi connectivity index (χ0) is 11.2. The van der Waals surface area contributed by atoms with Crippen LogP contribution in [0.15, 0.2) is 41.6 Å². The first-order valence-electron chi connectivity index (χ1n) is 4.91. The van der Waals surface area contributed by atoms with E-state index in [1.807, 2.05) is 0 Å². The van der Waals surface area contributed by atoms with Gasteiger partial charge >= 0.3 is 0 Å². The first-order valence-corrected chi connectivity index (χ1v) is 4.91. The van der Waals surface area contributed by atoms with Crippen molar-refractivity contribution in [2.24, 2.45) is 0 Å². The predicted octanol–water partition coefficient (Wildman–Crippen LogP) is 1.04. The number of nitrogens with zero attached hydrogens (tertiary/aromatic N) is 2. The molecule has 0 saturated heterocycles. The van der Waals surface area contributed by atoms with Gasteiger partial charge in [0.05, 0.1) is 11.3 Å². The van der Waals surface area contributed by atoms with Crippen molar-refractivity contribution in [2.45, 2.75) is 6.42 Å². The number of hydrogen-bond acceptors (Lipinski definition) is 4. The maximum Gasteiger partial charge on any atom is 0.252 e. The maximum atomic E-state index is 11.6. The smallest absolute Gasteiger partial charge is 0.252 e. The normalized spacial score (nSPS) is 10.0. The molecule has 2 rings (SSSR count). The molecule has 5 nitrogen and oxygen atoms in total. The Morgan fingerprint density at radius 1 is 1.50 bits per heavy atom. The number of rotatable bonds is 4. The molecule has 2 aromatic heterocycles. The summed E-state index contributed by atoms with van der Waals surface area (Å²) < 4.78 is 4.82. The van der Waals surface area contributed by atoms with Crippen molar-refractivity contribution in [3.05, 3.63) is 48.4 Å². The summed E-state index contributed by atoms with van der Waals surface area (Å²) >= 11 is 0. The second-order valence-electron chi connectivity index (χ2n) is 3.23. The minimum Gasteiger partial charge on any atom is -0.451 e. The van der Waals surface area contributed by atoms with Crippen LogP contribution in [0.1, 0.15) is 16.1 Å². The van der Waals surface area contributed by atoms with Gasteiger partial charge in [-0.25, -0.2) is 4.98 Å². The lowest BCUT2D eigenvalue weighted by Crippen LogP contribution is -2.25. The van der Waals surface area contributed by atoms with E-state index in [1.54, 1.807) is 24.6 Å². The number of carbonyl (C=O) groups is 1. The van der Waals surface area contributed by atoms with E-state index in [-0.39, 0.29) is 5.91 Å². The van der Waals surface area contributed by atoms with Crippen molar-refractivity contribution in [2.75, 3.05) is 6.54 Å². The second-order valence-corrected chi connectivity index (χ2v) is 3.23. The molecule has 0 spiro atoms. The van der Waals surface area contributed by atoms with E-state index in [9.17, 15) is 4.79 Å². The summed E-state index contributed by atoms with van der Waals surface area (Å²) in [6, 6.07) is 3.45. The van der Waals surface area contributed by atoms with Gasteiger partial charge in [0.15, 0.2) is 6.39 Å². The number of aromatic nitrogens is 2. The molecular formula is C11H11N3O2. The molecule has 0 aliphatic carbocycles. The third kappa shape index (κ3) is 2.66. The van der Waals surface area contributed by atoms with E-state index in [2.05, 4.69) is 15.3 Å². The molecule has 0 radical (unpaired) electrons. The molecule has 2 aromatic rings. The van der Waals surface area contributed by atoms with Gasteiger partial charge in [-0.1, -0.05) is 0 Å². The molecule has 0 atom stereocenters. The number of hydrogen-bond donors (Lipinski definition) is 1. The van der Waals surface area contributed by atoms with Crippen molar-refractivity contribution in [1.29, 1.82) is 0 Å². The highest BCUT2D eigenvalue weighted by atomic mass is 16.3. The standard InChI is InChI=1S/C11H11N3O2/c15-11(9-2-1-4-12-6-9)13-5-3-10-7-16-8-14-10/h1-2,4,6-8H,3,5H2,(H,13,15). The number of pyridine rings is 1. The average Bonchev–Trinajstić information content (AvgIpc) is 2.83. The first kappa shape index (κ1) is 10.4. The molecule has 82 valence electrons. The van der Waals surface area contributed by atoms with Crippen molar-refractivity contribution in [3.8, 4) is 0 Å². The van der Waals surface area contributed by atoms with Gasteiger partial charge in [-0.2, -0.15) is 0 Å². The predicted molar refractivity (Wildman–Crippen MR) is 56.8 cm³/mol. The fourth-order valence-electron chi connectivity index (χ4n) is 1.26. The highest BCUT2D eigenvalue weighted by molar-refractivity contribution is 5.93. The fraction of sp³-hybridized carbons (Fsp3) is 0.182. The van der Waals surface area contributed by atoms with Crippen LogP contribution in [0.25, 0.3) is 0 Å². The molecule has 2 heterocycles. The van der Waals surface area contributed by atoms with Crippen LogP contribution in [0.5, 0.6) is 0 Å². The lowest BCUT2D eigenvalue weighted by atomic mass is 10.2. The van der Waals surface area contributed by atoms with Gasteiger partial charge in [-0.05, 0) is 12.1 Å².